The predicted molar refractivity (Wildman–Crippen MR) is 103 cm³/mol. The number of carbonyl (C=O) groups excluding carboxylic acids is 1. The maximum atomic E-state index is 13.5. The van der Waals surface area contributed by atoms with Gasteiger partial charge in [-0.25, -0.2) is 9.37 Å². The van der Waals surface area contributed by atoms with Crippen LogP contribution in [0.5, 0.6) is 0 Å². The second-order valence-electron chi connectivity index (χ2n) is 5.73. The maximum absolute atomic E-state index is 13.5. The van der Waals surface area contributed by atoms with Gasteiger partial charge in [-0.05, 0) is 47.3 Å². The number of carbonyl (C=O) groups is 1. The van der Waals surface area contributed by atoms with Gasteiger partial charge in [-0.3, -0.25) is 4.79 Å². The van der Waals surface area contributed by atoms with Gasteiger partial charge >= 0.3 is 0 Å². The molecule has 1 N–H and O–H groups in total. The Bertz CT molecular complexity index is 1090. The van der Waals surface area contributed by atoms with E-state index in [2.05, 4.69) is 10.3 Å². The first-order valence-corrected chi connectivity index (χ1v) is 9.10. The third-order valence-corrected chi connectivity index (χ3v) is 5.03. The molecule has 0 saturated heterocycles. The summed E-state index contributed by atoms with van der Waals surface area (Å²) in [5, 5.41) is 5.24. The summed E-state index contributed by atoms with van der Waals surface area (Å²) in [6.45, 7) is 0.398. The molecule has 130 valence electrons. The van der Waals surface area contributed by atoms with Crippen molar-refractivity contribution in [3.63, 3.8) is 0 Å². The van der Waals surface area contributed by atoms with E-state index in [-0.39, 0.29) is 11.7 Å². The van der Waals surface area contributed by atoms with Crippen molar-refractivity contribution < 1.29 is 9.18 Å². The molecule has 7 heteroatoms. The summed E-state index contributed by atoms with van der Waals surface area (Å²) in [6, 6.07) is 13.5. The number of thiophene rings is 1. The zero-order valence-electron chi connectivity index (χ0n) is 13.4. The van der Waals surface area contributed by atoms with Crippen LogP contribution in [0.1, 0.15) is 16.1 Å². The molecule has 0 aliphatic rings. The van der Waals surface area contributed by atoms with Crippen molar-refractivity contribution in [2.75, 3.05) is 5.32 Å². The fourth-order valence-electron chi connectivity index (χ4n) is 2.78. The van der Waals surface area contributed by atoms with E-state index in [1.54, 1.807) is 29.5 Å². The highest BCUT2D eigenvalue weighted by Gasteiger charge is 2.17. The largest absolute Gasteiger partial charge is 0.331 e. The van der Waals surface area contributed by atoms with Gasteiger partial charge in [0.2, 0.25) is 0 Å². The zero-order valence-corrected chi connectivity index (χ0v) is 15.0. The Morgan fingerprint density at radius 1 is 1.23 bits per heavy atom. The highest BCUT2D eigenvalue weighted by Crippen LogP contribution is 2.27. The van der Waals surface area contributed by atoms with Crippen LogP contribution < -0.4 is 5.32 Å². The second kappa shape index (κ2) is 6.90. The Balaban J connectivity index is 1.69. The van der Waals surface area contributed by atoms with Gasteiger partial charge < -0.3 is 9.88 Å². The highest BCUT2D eigenvalue weighted by atomic mass is 35.5. The number of amides is 1. The summed E-state index contributed by atoms with van der Waals surface area (Å²) in [5.41, 5.74) is 2.22. The fraction of sp³-hybridized carbons (Fsp3) is 0.0526. The summed E-state index contributed by atoms with van der Waals surface area (Å²) in [4.78, 5) is 16.9. The standard InChI is InChI=1S/C19H13ClFN3OS/c20-13-4-5-18(22-10-13)23-19(25)16-9-17-15(6-7-26-17)24(16)11-12-2-1-3-14(21)8-12/h1-10H,11H2,(H,22,23,25). The number of halogens is 2. The van der Waals surface area contributed by atoms with Crippen molar-refractivity contribution in [2.24, 2.45) is 0 Å². The number of rotatable bonds is 4. The normalized spacial score (nSPS) is 11.0. The molecule has 1 amide bonds. The van der Waals surface area contributed by atoms with Crippen LogP contribution in [0.15, 0.2) is 60.1 Å². The minimum absolute atomic E-state index is 0.278. The first-order valence-electron chi connectivity index (χ1n) is 7.84. The topological polar surface area (TPSA) is 46.9 Å². The number of hydrogen-bond acceptors (Lipinski definition) is 3. The summed E-state index contributed by atoms with van der Waals surface area (Å²) in [7, 11) is 0. The van der Waals surface area contributed by atoms with Crippen molar-refractivity contribution in [1.29, 1.82) is 0 Å². The summed E-state index contributed by atoms with van der Waals surface area (Å²) < 4.78 is 16.4. The zero-order chi connectivity index (χ0) is 18.1. The highest BCUT2D eigenvalue weighted by molar-refractivity contribution is 7.17. The monoisotopic (exact) mass is 385 g/mol. The van der Waals surface area contributed by atoms with E-state index in [4.69, 9.17) is 11.6 Å². The Labute approximate surface area is 157 Å². The lowest BCUT2D eigenvalue weighted by atomic mass is 10.2. The molecule has 0 unspecified atom stereocenters. The van der Waals surface area contributed by atoms with E-state index in [1.807, 2.05) is 28.1 Å². The van der Waals surface area contributed by atoms with Crippen LogP contribution in [0.3, 0.4) is 0 Å². The van der Waals surface area contributed by atoms with Gasteiger partial charge in [-0.15, -0.1) is 11.3 Å². The Morgan fingerprint density at radius 2 is 2.12 bits per heavy atom. The van der Waals surface area contributed by atoms with Crippen molar-refractivity contribution >= 4 is 44.9 Å². The third-order valence-electron chi connectivity index (χ3n) is 3.95. The van der Waals surface area contributed by atoms with E-state index in [0.717, 1.165) is 15.8 Å². The number of nitrogens with zero attached hydrogens (tertiary/aromatic N) is 2. The van der Waals surface area contributed by atoms with Crippen LogP contribution in [0.4, 0.5) is 10.2 Å². The number of hydrogen-bond donors (Lipinski definition) is 1. The fourth-order valence-corrected chi connectivity index (χ4v) is 3.72. The molecule has 0 aliphatic heterocycles. The lowest BCUT2D eigenvalue weighted by Gasteiger charge is -2.11. The molecule has 0 saturated carbocycles. The molecule has 0 bridgehead atoms. The molecule has 26 heavy (non-hydrogen) atoms. The molecule has 3 heterocycles. The van der Waals surface area contributed by atoms with E-state index >= 15 is 0 Å². The van der Waals surface area contributed by atoms with Gasteiger partial charge in [0.05, 0.1) is 15.2 Å². The number of anilines is 1. The number of fused-ring (bicyclic) bond motifs is 1. The molecule has 4 nitrogen and oxygen atoms in total. The van der Waals surface area contributed by atoms with Crippen LogP contribution in [0.25, 0.3) is 10.2 Å². The van der Waals surface area contributed by atoms with Crippen LogP contribution in [-0.4, -0.2) is 15.5 Å². The van der Waals surface area contributed by atoms with Crippen LogP contribution in [0, 0.1) is 5.82 Å². The first kappa shape index (κ1) is 16.8. The molecule has 0 fully saturated rings. The molecular formula is C19H13ClFN3OS. The van der Waals surface area contributed by atoms with Gasteiger partial charge in [0, 0.05) is 12.7 Å². The van der Waals surface area contributed by atoms with Gasteiger partial charge in [0.15, 0.2) is 0 Å². The second-order valence-corrected chi connectivity index (χ2v) is 7.12. The number of nitrogens with one attached hydrogen (secondary N) is 1. The lowest BCUT2D eigenvalue weighted by Crippen LogP contribution is -2.18. The molecule has 0 spiro atoms. The quantitative estimate of drug-likeness (QED) is 0.525. The average Bonchev–Trinajstić information content (AvgIpc) is 3.20. The smallest absolute Gasteiger partial charge is 0.273 e. The van der Waals surface area contributed by atoms with Crippen molar-refractivity contribution in [1.82, 2.24) is 9.55 Å². The van der Waals surface area contributed by atoms with Gasteiger partial charge in [-0.2, -0.15) is 0 Å². The molecule has 4 aromatic rings. The number of pyridine rings is 1. The molecule has 1 aromatic carbocycles. The van der Waals surface area contributed by atoms with E-state index in [0.29, 0.717) is 23.1 Å². The van der Waals surface area contributed by atoms with Crippen molar-refractivity contribution in [3.05, 3.63) is 82.2 Å². The minimum atomic E-state index is -0.299. The Hall–Kier alpha value is -2.70. The first-order chi connectivity index (χ1) is 12.6. The Morgan fingerprint density at radius 3 is 2.88 bits per heavy atom. The molecular weight excluding hydrogens is 373 g/mol. The van der Waals surface area contributed by atoms with Crippen LogP contribution in [0.2, 0.25) is 5.02 Å². The lowest BCUT2D eigenvalue weighted by molar-refractivity contribution is 0.101. The van der Waals surface area contributed by atoms with E-state index < -0.39 is 0 Å². The third kappa shape index (κ3) is 3.34. The predicted octanol–water partition coefficient (Wildman–Crippen LogP) is 5.19. The minimum Gasteiger partial charge on any atom is -0.331 e. The van der Waals surface area contributed by atoms with Crippen LogP contribution >= 0.6 is 22.9 Å². The van der Waals surface area contributed by atoms with E-state index in [1.165, 1.54) is 18.3 Å². The van der Waals surface area contributed by atoms with Crippen LogP contribution in [-0.2, 0) is 6.54 Å². The molecule has 0 radical (unpaired) electrons. The summed E-state index contributed by atoms with van der Waals surface area (Å²) in [5.74, 6) is -0.159. The molecule has 0 atom stereocenters. The molecule has 3 aromatic heterocycles. The molecule has 0 aliphatic carbocycles. The maximum Gasteiger partial charge on any atom is 0.273 e. The van der Waals surface area contributed by atoms with Crippen molar-refractivity contribution in [3.8, 4) is 0 Å². The van der Waals surface area contributed by atoms with Gasteiger partial charge in [-0.1, -0.05) is 23.7 Å². The summed E-state index contributed by atoms with van der Waals surface area (Å²) >= 11 is 7.38. The average molecular weight is 386 g/mol. The Kier molecular flexibility index (Phi) is 4.44. The van der Waals surface area contributed by atoms with E-state index in [9.17, 15) is 9.18 Å². The van der Waals surface area contributed by atoms with Gasteiger partial charge in [0.1, 0.15) is 17.3 Å². The summed E-state index contributed by atoms with van der Waals surface area (Å²) in [6.07, 6.45) is 1.47. The van der Waals surface area contributed by atoms with Gasteiger partial charge in [0.25, 0.3) is 5.91 Å². The SMILES string of the molecule is O=C(Nc1ccc(Cl)cn1)c1cc2sccc2n1Cc1cccc(F)c1. The van der Waals surface area contributed by atoms with Crippen molar-refractivity contribution in [2.45, 2.75) is 6.54 Å². The number of benzene rings is 1. The molecule has 4 rings (SSSR count). The number of aromatic nitrogens is 2.